The molecule has 226 valence electrons. The van der Waals surface area contributed by atoms with Crippen molar-refractivity contribution in [1.29, 1.82) is 0 Å². The van der Waals surface area contributed by atoms with Crippen molar-refractivity contribution in [3.63, 3.8) is 0 Å². The van der Waals surface area contributed by atoms with E-state index in [1.165, 1.54) is 17.0 Å². The molecule has 0 fully saturated rings. The quantitative estimate of drug-likeness (QED) is 0.237. The van der Waals surface area contributed by atoms with Crippen molar-refractivity contribution >= 4 is 50.7 Å². The molecule has 0 unspecified atom stereocenters. The maximum atomic E-state index is 14.3. The second kappa shape index (κ2) is 14.4. The predicted molar refractivity (Wildman–Crippen MR) is 171 cm³/mol. The Morgan fingerprint density at radius 3 is 2.17 bits per heavy atom. The van der Waals surface area contributed by atoms with Gasteiger partial charge in [-0.2, -0.15) is 0 Å². The molecule has 0 spiro atoms. The number of carbonyl (C=O) groups excluding carboxylic acids is 2. The van der Waals surface area contributed by atoms with Crippen LogP contribution >= 0.6 is 23.2 Å². The van der Waals surface area contributed by atoms with E-state index in [1.54, 1.807) is 42.5 Å². The van der Waals surface area contributed by atoms with Crippen LogP contribution in [0, 0.1) is 20.8 Å². The molecule has 0 aliphatic carbocycles. The first-order valence-corrected chi connectivity index (χ1v) is 16.2. The Hall–Kier alpha value is -3.07. The van der Waals surface area contributed by atoms with Gasteiger partial charge in [0.1, 0.15) is 12.6 Å². The van der Waals surface area contributed by atoms with Crippen LogP contribution in [0.25, 0.3) is 0 Å². The van der Waals surface area contributed by atoms with Gasteiger partial charge in [0.2, 0.25) is 11.8 Å². The van der Waals surface area contributed by atoms with Crippen LogP contribution in [-0.4, -0.2) is 43.8 Å². The molecule has 42 heavy (non-hydrogen) atoms. The number of anilines is 1. The number of rotatable bonds is 12. The normalized spacial score (nSPS) is 12.9. The van der Waals surface area contributed by atoms with E-state index in [0.717, 1.165) is 27.4 Å². The molecule has 3 aromatic rings. The average Bonchev–Trinajstić information content (AvgIpc) is 2.95. The monoisotopic (exact) mass is 631 g/mol. The molecule has 0 saturated heterocycles. The minimum Gasteiger partial charge on any atom is -0.352 e. The average molecular weight is 633 g/mol. The third-order valence-corrected chi connectivity index (χ3v) is 9.97. The van der Waals surface area contributed by atoms with Gasteiger partial charge in [-0.1, -0.05) is 72.9 Å². The van der Waals surface area contributed by atoms with Crippen LogP contribution in [0.3, 0.4) is 0 Å². The molecule has 3 aromatic carbocycles. The van der Waals surface area contributed by atoms with Gasteiger partial charge in [0.25, 0.3) is 10.0 Å². The smallest absolute Gasteiger partial charge is 0.264 e. The number of sulfonamides is 1. The molecule has 3 rings (SSSR count). The summed E-state index contributed by atoms with van der Waals surface area (Å²) in [6, 6.07) is 15.9. The summed E-state index contributed by atoms with van der Waals surface area (Å²) in [5, 5.41) is 3.66. The summed E-state index contributed by atoms with van der Waals surface area (Å²) >= 11 is 12.4. The fourth-order valence-electron chi connectivity index (χ4n) is 4.55. The van der Waals surface area contributed by atoms with E-state index >= 15 is 0 Å². The summed E-state index contributed by atoms with van der Waals surface area (Å²) in [4.78, 5) is 29.2. The number of halogens is 2. The van der Waals surface area contributed by atoms with Crippen LogP contribution in [0.1, 0.15) is 55.9 Å². The molecule has 0 aromatic heterocycles. The van der Waals surface area contributed by atoms with Crippen molar-refractivity contribution in [3.8, 4) is 0 Å². The lowest BCUT2D eigenvalue weighted by Crippen LogP contribution is -2.53. The van der Waals surface area contributed by atoms with Crippen LogP contribution in [-0.2, 0) is 26.2 Å². The zero-order valence-electron chi connectivity index (χ0n) is 24.9. The molecule has 10 heteroatoms. The van der Waals surface area contributed by atoms with Crippen molar-refractivity contribution in [2.45, 2.75) is 77.9 Å². The van der Waals surface area contributed by atoms with Gasteiger partial charge in [-0.05, 0) is 87.6 Å². The van der Waals surface area contributed by atoms with Gasteiger partial charge >= 0.3 is 0 Å². The first-order valence-electron chi connectivity index (χ1n) is 14.0. The molecule has 0 radical (unpaired) electrons. The molecule has 0 heterocycles. The van der Waals surface area contributed by atoms with E-state index in [9.17, 15) is 18.0 Å². The van der Waals surface area contributed by atoms with Gasteiger partial charge in [0, 0.05) is 12.6 Å². The Balaban J connectivity index is 2.12. The van der Waals surface area contributed by atoms with E-state index in [1.807, 2.05) is 47.6 Å². The van der Waals surface area contributed by atoms with Gasteiger partial charge in [-0.3, -0.25) is 13.9 Å². The molecule has 0 aliphatic rings. The molecule has 0 aliphatic heterocycles. The topological polar surface area (TPSA) is 86.8 Å². The second-order valence-electron chi connectivity index (χ2n) is 10.6. The van der Waals surface area contributed by atoms with Gasteiger partial charge in [-0.25, -0.2) is 8.42 Å². The summed E-state index contributed by atoms with van der Waals surface area (Å²) in [5.41, 5.74) is 3.59. The molecule has 2 atom stereocenters. The highest BCUT2D eigenvalue weighted by Crippen LogP contribution is 2.30. The third kappa shape index (κ3) is 7.85. The van der Waals surface area contributed by atoms with E-state index in [0.29, 0.717) is 27.7 Å². The maximum Gasteiger partial charge on any atom is 0.264 e. The van der Waals surface area contributed by atoms with Crippen molar-refractivity contribution in [2.75, 3.05) is 10.8 Å². The highest BCUT2D eigenvalue weighted by atomic mass is 35.5. The van der Waals surface area contributed by atoms with Crippen molar-refractivity contribution in [1.82, 2.24) is 10.2 Å². The molecule has 2 amide bonds. The minimum absolute atomic E-state index is 0.0351. The number of benzene rings is 3. The standard InChI is InChI=1S/C32H39Cl2N3O4S/c1-7-23(5)35-32(39)29(8-2)36(19-25-14-17-27(33)28(34)18-25)31(38)20-37(30-11-9-10-22(4)24(30)6)42(40,41)26-15-12-21(3)13-16-26/h9-18,23,29H,7-8,19-20H2,1-6H3,(H,35,39)/t23-,29-/m0/s1. The van der Waals surface area contributed by atoms with Crippen LogP contribution in [0.5, 0.6) is 0 Å². The van der Waals surface area contributed by atoms with Crippen molar-refractivity contribution in [3.05, 3.63) is 93.0 Å². The number of carbonyl (C=O) groups is 2. The maximum absolute atomic E-state index is 14.3. The number of nitrogens with one attached hydrogen (secondary N) is 1. The second-order valence-corrected chi connectivity index (χ2v) is 13.2. The highest BCUT2D eigenvalue weighted by molar-refractivity contribution is 7.92. The largest absolute Gasteiger partial charge is 0.352 e. The summed E-state index contributed by atoms with van der Waals surface area (Å²) in [5.74, 6) is -0.830. The molecule has 0 saturated carbocycles. The third-order valence-electron chi connectivity index (χ3n) is 7.46. The van der Waals surface area contributed by atoms with Gasteiger partial charge < -0.3 is 10.2 Å². The lowest BCUT2D eigenvalue weighted by Gasteiger charge is -2.34. The van der Waals surface area contributed by atoms with Crippen molar-refractivity contribution < 1.29 is 18.0 Å². The highest BCUT2D eigenvalue weighted by Gasteiger charge is 2.34. The predicted octanol–water partition coefficient (Wildman–Crippen LogP) is 6.84. The summed E-state index contributed by atoms with van der Waals surface area (Å²) in [7, 11) is -4.15. The number of amides is 2. The first-order chi connectivity index (χ1) is 19.8. The van der Waals surface area contributed by atoms with E-state index < -0.39 is 28.5 Å². The Bertz CT molecular complexity index is 1530. The zero-order chi connectivity index (χ0) is 31.2. The zero-order valence-corrected chi connectivity index (χ0v) is 27.3. The number of hydrogen-bond acceptors (Lipinski definition) is 4. The Morgan fingerprint density at radius 1 is 0.905 bits per heavy atom. The minimum atomic E-state index is -4.15. The Labute approximate surface area is 259 Å². The van der Waals surface area contributed by atoms with Crippen LogP contribution in [0.2, 0.25) is 10.0 Å². The van der Waals surface area contributed by atoms with Crippen LogP contribution in [0.4, 0.5) is 5.69 Å². The molecule has 1 N–H and O–H groups in total. The number of hydrogen-bond donors (Lipinski definition) is 1. The Morgan fingerprint density at radius 2 is 1.57 bits per heavy atom. The van der Waals surface area contributed by atoms with Crippen LogP contribution in [0.15, 0.2) is 65.6 Å². The summed E-state index contributed by atoms with van der Waals surface area (Å²) in [6.07, 6.45) is 1.04. The first kappa shape index (κ1) is 33.4. The van der Waals surface area contributed by atoms with Crippen molar-refractivity contribution in [2.24, 2.45) is 0 Å². The fourth-order valence-corrected chi connectivity index (χ4v) is 6.34. The number of nitrogens with zero attached hydrogens (tertiary/aromatic N) is 2. The SMILES string of the molecule is CC[C@H](C)NC(=O)[C@H](CC)N(Cc1ccc(Cl)c(Cl)c1)C(=O)CN(c1cccc(C)c1C)S(=O)(=O)c1ccc(C)cc1. The number of aryl methyl sites for hydroxylation is 2. The van der Waals surface area contributed by atoms with E-state index in [2.05, 4.69) is 5.32 Å². The van der Waals surface area contributed by atoms with E-state index in [-0.39, 0.29) is 23.4 Å². The summed E-state index contributed by atoms with van der Waals surface area (Å²) in [6.45, 7) is 10.8. The lowest BCUT2D eigenvalue weighted by molar-refractivity contribution is -0.140. The van der Waals surface area contributed by atoms with E-state index in [4.69, 9.17) is 23.2 Å². The van der Waals surface area contributed by atoms with Crippen LogP contribution < -0.4 is 9.62 Å². The van der Waals surface area contributed by atoms with Gasteiger partial charge in [0.15, 0.2) is 0 Å². The van der Waals surface area contributed by atoms with Gasteiger partial charge in [0.05, 0.1) is 20.6 Å². The fraction of sp³-hybridized carbons (Fsp3) is 0.375. The summed E-state index contributed by atoms with van der Waals surface area (Å²) < 4.78 is 29.4. The molecule has 0 bridgehead atoms. The lowest BCUT2D eigenvalue weighted by atomic mass is 10.1. The molecular formula is C32H39Cl2N3O4S. The molecular weight excluding hydrogens is 593 g/mol. The molecule has 7 nitrogen and oxygen atoms in total. The Kier molecular flexibility index (Phi) is 11.5. The van der Waals surface area contributed by atoms with Gasteiger partial charge in [-0.15, -0.1) is 0 Å².